The van der Waals surface area contributed by atoms with Crippen molar-refractivity contribution < 1.29 is 19.0 Å². The van der Waals surface area contributed by atoms with E-state index in [1.54, 1.807) is 36.5 Å². The molecule has 40 heavy (non-hydrogen) atoms. The number of rotatable bonds is 6. The molecule has 1 saturated carbocycles. The van der Waals surface area contributed by atoms with E-state index in [1.807, 2.05) is 4.57 Å². The fraction of sp³-hybridized carbons (Fsp3) is 0.296. The second-order valence-corrected chi connectivity index (χ2v) is 11.3. The number of thiophene rings is 1. The summed E-state index contributed by atoms with van der Waals surface area (Å²) >= 11 is 7.21. The van der Waals surface area contributed by atoms with Gasteiger partial charge in [-0.2, -0.15) is 5.10 Å². The first-order valence-corrected chi connectivity index (χ1v) is 13.9. The van der Waals surface area contributed by atoms with Crippen molar-refractivity contribution in [2.45, 2.75) is 43.9 Å². The summed E-state index contributed by atoms with van der Waals surface area (Å²) in [6.07, 6.45) is 4.70. The predicted octanol–water partition coefficient (Wildman–Crippen LogP) is 5.02. The fourth-order valence-electron chi connectivity index (χ4n) is 5.30. The number of carbonyl (C=O) groups is 1. The lowest BCUT2D eigenvalue weighted by molar-refractivity contribution is 0.0659. The molecule has 10 nitrogen and oxygen atoms in total. The molecule has 1 amide bonds. The van der Waals surface area contributed by atoms with Crippen LogP contribution in [0.25, 0.3) is 33.9 Å². The number of aromatic nitrogens is 6. The Balaban J connectivity index is 1.49. The summed E-state index contributed by atoms with van der Waals surface area (Å²) < 4.78 is 23.3. The maximum Gasteiger partial charge on any atom is 0.261 e. The van der Waals surface area contributed by atoms with E-state index in [0.717, 1.165) is 12.8 Å². The summed E-state index contributed by atoms with van der Waals surface area (Å²) in [5.41, 5.74) is 1.82. The lowest BCUT2D eigenvalue weighted by Gasteiger charge is -2.30. The van der Waals surface area contributed by atoms with Crippen molar-refractivity contribution in [3.63, 3.8) is 0 Å². The van der Waals surface area contributed by atoms with E-state index in [0.29, 0.717) is 56.2 Å². The van der Waals surface area contributed by atoms with E-state index >= 15 is 4.39 Å². The molecule has 0 spiro atoms. The molecule has 1 fully saturated rings. The Morgan fingerprint density at radius 2 is 2.10 bits per heavy atom. The van der Waals surface area contributed by atoms with Crippen molar-refractivity contribution in [1.29, 1.82) is 0 Å². The molecule has 4 heterocycles. The number of methoxy groups -OCH3 is 1. The van der Waals surface area contributed by atoms with Crippen molar-refractivity contribution in [3.05, 3.63) is 64.0 Å². The van der Waals surface area contributed by atoms with Crippen LogP contribution in [0, 0.1) is 5.82 Å². The number of aliphatic hydroxyl groups is 1. The van der Waals surface area contributed by atoms with Crippen molar-refractivity contribution >= 4 is 39.9 Å². The van der Waals surface area contributed by atoms with Crippen LogP contribution >= 0.6 is 22.9 Å². The Bertz CT molecular complexity index is 1670. The quantitative estimate of drug-likeness (QED) is 0.240. The van der Waals surface area contributed by atoms with Crippen LogP contribution < -0.4 is 10.1 Å². The Labute approximate surface area is 237 Å². The molecule has 1 aliphatic rings. The minimum absolute atomic E-state index is 0.174. The molecule has 5 aromatic rings. The van der Waals surface area contributed by atoms with Gasteiger partial charge in [-0.15, -0.1) is 11.3 Å². The van der Waals surface area contributed by atoms with E-state index in [4.69, 9.17) is 21.3 Å². The summed E-state index contributed by atoms with van der Waals surface area (Å²) in [4.78, 5) is 26.9. The largest absolute Gasteiger partial charge is 0.496 e. The number of nitrogens with one attached hydrogen (secondary N) is 2. The molecule has 4 aromatic heterocycles. The van der Waals surface area contributed by atoms with Crippen molar-refractivity contribution in [1.82, 2.24) is 35.0 Å². The fourth-order valence-corrected chi connectivity index (χ4v) is 6.25. The Kier molecular flexibility index (Phi) is 7.22. The average molecular weight is 582 g/mol. The molecule has 6 rings (SSSR count). The minimum atomic E-state index is -1.00. The van der Waals surface area contributed by atoms with Gasteiger partial charge in [-0.1, -0.05) is 30.5 Å². The summed E-state index contributed by atoms with van der Waals surface area (Å²) in [5.74, 6) is 0.248. The maximum absolute atomic E-state index is 15.4. The Morgan fingerprint density at radius 3 is 2.85 bits per heavy atom. The van der Waals surface area contributed by atoms with E-state index < -0.39 is 24.0 Å². The standard InChI is InChI=1S/C27H25ClFN7O3S/c1-39-20-8-4-5-14(29)23(20)26-33-17-12-30-16(25-31-13-32-35-25)11-19(17)36(26)18-7-3-2-6-15(24(18)37)34-27(38)21-9-10-22(28)40-21/h4-5,8-13,15,18,24,37H,2-3,6-7H2,1H3,(H,34,38)(H,31,32,35)/t15-,18+,24+/m0/s1. The smallest absolute Gasteiger partial charge is 0.261 e. The molecular weight excluding hydrogens is 557 g/mol. The lowest BCUT2D eigenvalue weighted by atomic mass is 10.00. The molecule has 1 aliphatic carbocycles. The predicted molar refractivity (Wildman–Crippen MR) is 149 cm³/mol. The van der Waals surface area contributed by atoms with Crippen LogP contribution in [0.5, 0.6) is 5.75 Å². The summed E-state index contributed by atoms with van der Waals surface area (Å²) in [5, 5.41) is 21.5. The molecule has 0 bridgehead atoms. The zero-order chi connectivity index (χ0) is 27.8. The van der Waals surface area contributed by atoms with Crippen LogP contribution in [0.2, 0.25) is 4.34 Å². The van der Waals surface area contributed by atoms with E-state index in [2.05, 4.69) is 25.5 Å². The first kappa shape index (κ1) is 26.4. The van der Waals surface area contributed by atoms with Gasteiger partial charge >= 0.3 is 0 Å². The number of imidazole rings is 1. The highest BCUT2D eigenvalue weighted by Gasteiger charge is 2.36. The van der Waals surface area contributed by atoms with Gasteiger partial charge in [0.25, 0.3) is 5.91 Å². The number of hydrogen-bond donors (Lipinski definition) is 3. The number of H-pyrrole nitrogens is 1. The highest BCUT2D eigenvalue weighted by Crippen LogP contribution is 2.40. The summed E-state index contributed by atoms with van der Waals surface area (Å²) in [7, 11) is 1.47. The first-order chi connectivity index (χ1) is 19.4. The molecule has 0 aliphatic heterocycles. The van der Waals surface area contributed by atoms with Crippen LogP contribution in [0.1, 0.15) is 41.4 Å². The number of aliphatic hydroxyl groups excluding tert-OH is 1. The van der Waals surface area contributed by atoms with E-state index in [9.17, 15) is 9.90 Å². The Hall–Kier alpha value is -3.87. The van der Waals surface area contributed by atoms with Crippen molar-refractivity contribution in [2.75, 3.05) is 7.11 Å². The number of ether oxygens (including phenoxy) is 1. The molecule has 0 radical (unpaired) electrons. The zero-order valence-electron chi connectivity index (χ0n) is 21.3. The average Bonchev–Trinajstić information content (AvgIpc) is 3.70. The van der Waals surface area contributed by atoms with Gasteiger partial charge in [0, 0.05) is 0 Å². The highest BCUT2D eigenvalue weighted by molar-refractivity contribution is 7.18. The van der Waals surface area contributed by atoms with Gasteiger partial charge in [0.15, 0.2) is 5.82 Å². The van der Waals surface area contributed by atoms with Crippen LogP contribution in [0.15, 0.2) is 48.9 Å². The second-order valence-electron chi connectivity index (χ2n) is 9.54. The SMILES string of the molecule is COc1cccc(F)c1-c1nc2cnc(-c3ncn[nH]3)cc2n1[C@@H]1CCCC[C@H](NC(=O)c2ccc(Cl)s2)[C@H]1O. The molecule has 3 N–H and O–H groups in total. The Morgan fingerprint density at radius 1 is 1.25 bits per heavy atom. The van der Waals surface area contributed by atoms with Crippen molar-refractivity contribution in [3.8, 4) is 28.7 Å². The summed E-state index contributed by atoms with van der Waals surface area (Å²) in [6.45, 7) is 0. The van der Waals surface area contributed by atoms with Crippen LogP contribution in [-0.2, 0) is 0 Å². The number of carbonyl (C=O) groups excluding carboxylic acids is 1. The van der Waals surface area contributed by atoms with Crippen LogP contribution in [0.3, 0.4) is 0 Å². The normalized spacial score (nSPS) is 19.4. The monoisotopic (exact) mass is 581 g/mol. The molecule has 206 valence electrons. The van der Waals surface area contributed by atoms with Gasteiger partial charge in [-0.25, -0.2) is 14.4 Å². The lowest BCUT2D eigenvalue weighted by Crippen LogP contribution is -2.46. The van der Waals surface area contributed by atoms with E-state index in [-0.39, 0.29) is 11.5 Å². The van der Waals surface area contributed by atoms with Gasteiger partial charge in [-0.3, -0.25) is 14.9 Å². The third-order valence-corrected chi connectivity index (χ3v) is 8.40. The molecule has 0 saturated heterocycles. The molecule has 13 heteroatoms. The zero-order valence-corrected chi connectivity index (χ0v) is 22.9. The summed E-state index contributed by atoms with van der Waals surface area (Å²) in [6, 6.07) is 8.59. The number of benzene rings is 1. The molecule has 3 atom stereocenters. The topological polar surface area (TPSA) is 131 Å². The van der Waals surface area contributed by atoms with Crippen molar-refractivity contribution in [2.24, 2.45) is 0 Å². The number of hydrogen-bond acceptors (Lipinski definition) is 8. The number of nitrogens with zero attached hydrogens (tertiary/aromatic N) is 5. The second kappa shape index (κ2) is 11.0. The highest BCUT2D eigenvalue weighted by atomic mass is 35.5. The number of pyridine rings is 1. The van der Waals surface area contributed by atoms with Gasteiger partial charge in [0.1, 0.15) is 34.9 Å². The molecular formula is C27H25ClFN7O3S. The maximum atomic E-state index is 15.4. The molecule has 0 unspecified atom stereocenters. The van der Waals surface area contributed by atoms with E-state index in [1.165, 1.54) is 30.8 Å². The third kappa shape index (κ3) is 4.82. The van der Waals surface area contributed by atoms with Gasteiger partial charge in [0.05, 0.1) is 51.8 Å². The third-order valence-electron chi connectivity index (χ3n) is 7.17. The van der Waals surface area contributed by atoms with Crippen LogP contribution in [0.4, 0.5) is 4.39 Å². The minimum Gasteiger partial charge on any atom is -0.496 e. The number of halogens is 2. The number of aromatic amines is 1. The number of amides is 1. The van der Waals surface area contributed by atoms with Crippen LogP contribution in [-0.4, -0.2) is 60.0 Å². The van der Waals surface area contributed by atoms with Gasteiger partial charge in [0.2, 0.25) is 0 Å². The first-order valence-electron chi connectivity index (χ1n) is 12.8. The van der Waals surface area contributed by atoms with Gasteiger partial charge in [-0.05, 0) is 43.2 Å². The number of fused-ring (bicyclic) bond motifs is 1. The van der Waals surface area contributed by atoms with Gasteiger partial charge < -0.3 is 19.7 Å². The molecule has 1 aromatic carbocycles.